The van der Waals surface area contributed by atoms with Crippen molar-refractivity contribution in [3.05, 3.63) is 100 Å². The fraction of sp³-hybridized carbons (Fsp3) is 0.250. The van der Waals surface area contributed by atoms with Crippen LogP contribution in [0.3, 0.4) is 0 Å². The van der Waals surface area contributed by atoms with Crippen molar-refractivity contribution in [1.82, 2.24) is 25.1 Å². The quantitative estimate of drug-likeness (QED) is 0.148. The maximum atomic E-state index is 14.3. The van der Waals surface area contributed by atoms with Crippen molar-refractivity contribution in [3.63, 3.8) is 0 Å². The third kappa shape index (κ3) is 7.24. The van der Waals surface area contributed by atoms with Crippen molar-refractivity contribution in [2.24, 2.45) is 27.9 Å². The molecule has 1 fully saturated rings. The molecule has 10 nitrogen and oxygen atoms in total. The number of carbonyl (C=O) groups excluding carboxylic acids is 2. The van der Waals surface area contributed by atoms with E-state index in [2.05, 4.69) is 37.2 Å². The molecule has 0 spiro atoms. The number of amides is 1. The molecule has 3 heterocycles. The highest BCUT2D eigenvalue weighted by molar-refractivity contribution is 6.30. The van der Waals surface area contributed by atoms with Crippen LogP contribution in [0.15, 0.2) is 87.2 Å². The summed E-state index contributed by atoms with van der Waals surface area (Å²) in [5.41, 5.74) is 4.03. The predicted molar refractivity (Wildman–Crippen MR) is 171 cm³/mol. The highest BCUT2D eigenvalue weighted by Crippen LogP contribution is 2.26. The van der Waals surface area contributed by atoms with Gasteiger partial charge in [0.2, 0.25) is 0 Å². The van der Waals surface area contributed by atoms with Gasteiger partial charge in [0.15, 0.2) is 5.84 Å². The average molecular weight is 615 g/mol. The molecule has 5 rings (SSSR count). The van der Waals surface area contributed by atoms with E-state index in [0.717, 1.165) is 54.8 Å². The van der Waals surface area contributed by atoms with Gasteiger partial charge in [-0.15, -0.1) is 0 Å². The number of fused-ring (bicyclic) bond motifs is 1. The Bertz CT molecular complexity index is 1730. The molecule has 2 N–H and O–H groups in total. The number of nitrogens with one attached hydrogen (secondary N) is 2. The summed E-state index contributed by atoms with van der Waals surface area (Å²) < 4.78 is 16.4. The Kier molecular flexibility index (Phi) is 9.88. The van der Waals surface area contributed by atoms with Crippen molar-refractivity contribution in [2.45, 2.75) is 25.9 Å². The molecule has 2 aromatic carbocycles. The van der Waals surface area contributed by atoms with Crippen LogP contribution in [0, 0.1) is 11.7 Å². The smallest absolute Gasteiger partial charge is 0.256 e. The molecule has 0 aliphatic carbocycles. The normalized spacial score (nSPS) is 17.0. The number of allylic oxidation sites excluding steroid dienone is 4. The number of imidazole rings is 1. The Labute approximate surface area is 259 Å². The second-order valence-corrected chi connectivity index (χ2v) is 10.9. The Morgan fingerprint density at radius 2 is 2.02 bits per heavy atom. The minimum Gasteiger partial charge on any atom is -0.384 e. The lowest BCUT2D eigenvalue weighted by molar-refractivity contribution is -0.104. The van der Waals surface area contributed by atoms with Crippen LogP contribution in [-0.2, 0) is 24.9 Å². The Balaban J connectivity index is 1.22. The topological polar surface area (TPSA) is 116 Å². The van der Waals surface area contributed by atoms with Gasteiger partial charge in [0.05, 0.1) is 23.8 Å². The van der Waals surface area contributed by atoms with Gasteiger partial charge >= 0.3 is 0 Å². The van der Waals surface area contributed by atoms with Crippen LogP contribution in [0.1, 0.15) is 34.6 Å². The summed E-state index contributed by atoms with van der Waals surface area (Å²) in [6, 6.07) is 10.1. The molecule has 0 atom stereocenters. The van der Waals surface area contributed by atoms with E-state index in [1.54, 1.807) is 30.3 Å². The number of rotatable bonds is 10. The average Bonchev–Trinajstić information content (AvgIpc) is 3.58. The van der Waals surface area contributed by atoms with Crippen LogP contribution in [-0.4, -0.2) is 58.6 Å². The van der Waals surface area contributed by atoms with Crippen molar-refractivity contribution in [2.75, 3.05) is 13.1 Å². The van der Waals surface area contributed by atoms with Crippen molar-refractivity contribution < 1.29 is 14.0 Å². The molecule has 1 aromatic heterocycles. The Hall–Kier alpha value is -4.74. The molecule has 3 aromatic rings. The van der Waals surface area contributed by atoms with Crippen molar-refractivity contribution in [3.8, 4) is 0 Å². The van der Waals surface area contributed by atoms with E-state index >= 15 is 0 Å². The van der Waals surface area contributed by atoms with E-state index < -0.39 is 0 Å². The van der Waals surface area contributed by atoms with Crippen LogP contribution in [0.5, 0.6) is 0 Å². The molecular weight excluding hydrogens is 583 g/mol. The molecule has 1 amide bonds. The number of halogens is 2. The van der Waals surface area contributed by atoms with Gasteiger partial charge in [0.1, 0.15) is 30.0 Å². The molecule has 44 heavy (non-hydrogen) atoms. The molecule has 0 saturated carbocycles. The van der Waals surface area contributed by atoms with Gasteiger partial charge in [-0.2, -0.15) is 0 Å². The van der Waals surface area contributed by atoms with Crippen LogP contribution in [0.25, 0.3) is 11.0 Å². The number of aromatic nitrogens is 2. The van der Waals surface area contributed by atoms with Gasteiger partial charge in [0, 0.05) is 41.4 Å². The first-order chi connectivity index (χ1) is 21.4. The lowest BCUT2D eigenvalue weighted by Gasteiger charge is -2.33. The largest absolute Gasteiger partial charge is 0.384 e. The number of aliphatic imine (C=N–C) groups is 3. The molecule has 226 valence electrons. The first-order valence-corrected chi connectivity index (χ1v) is 14.5. The van der Waals surface area contributed by atoms with E-state index in [1.807, 2.05) is 23.8 Å². The summed E-state index contributed by atoms with van der Waals surface area (Å²) in [6.45, 7) is 6.07. The van der Waals surface area contributed by atoms with Crippen LogP contribution in [0.2, 0.25) is 5.02 Å². The number of piperidine rings is 1. The highest BCUT2D eigenvalue weighted by Gasteiger charge is 2.24. The van der Waals surface area contributed by atoms with E-state index in [-0.39, 0.29) is 17.6 Å². The number of carbonyl (C=O) groups is 2. The fourth-order valence-corrected chi connectivity index (χ4v) is 5.43. The first kappa shape index (κ1) is 30.7. The maximum absolute atomic E-state index is 14.3. The monoisotopic (exact) mass is 614 g/mol. The Morgan fingerprint density at radius 1 is 1.20 bits per heavy atom. The van der Waals surface area contributed by atoms with Crippen molar-refractivity contribution >= 4 is 53.7 Å². The standard InChI is InChI=1S/C32H32ClFN8O2/c1-35-18-28-31(38-20-37-28)40-32(44)22-7-9-29-27(15-22)39-30(41(29)2)19-42-12-10-21(11-13-42)26(5-3-4-14-43)36-17-23-6-8-24(33)16-25(23)34/h3-9,14-16,18,20-21,36H,1,10-13,17,19H2,2H3,(H,37,38,40,44)/b4-3-,26-5-,28-18+. The van der Waals surface area contributed by atoms with Gasteiger partial charge in [-0.25, -0.2) is 19.4 Å². The number of aldehydes is 1. The van der Waals surface area contributed by atoms with E-state index in [0.29, 0.717) is 40.8 Å². The molecule has 12 heteroatoms. The molecule has 0 bridgehead atoms. The number of aryl methyl sites for hydroxylation is 1. The lowest BCUT2D eigenvalue weighted by Crippen LogP contribution is -2.36. The molecule has 2 aliphatic heterocycles. The lowest BCUT2D eigenvalue weighted by atomic mass is 9.92. The maximum Gasteiger partial charge on any atom is 0.256 e. The molecular formula is C32H32ClFN8O2. The van der Waals surface area contributed by atoms with Crippen molar-refractivity contribution in [1.29, 1.82) is 0 Å². The summed E-state index contributed by atoms with van der Waals surface area (Å²) in [6.07, 6.45) is 10.3. The SMILES string of the molecule is C=N/C=C1/N=CN=C1NC(=O)c1ccc2c(c1)nc(CN1CCC(/C(=C/C=C\C=O)NCc3ccc(Cl)cc3F)CC1)n2C. The summed E-state index contributed by atoms with van der Waals surface area (Å²) in [5, 5.41) is 6.50. The fourth-order valence-electron chi connectivity index (χ4n) is 5.27. The zero-order valence-electron chi connectivity index (χ0n) is 24.2. The van der Waals surface area contributed by atoms with Crippen LogP contribution < -0.4 is 10.6 Å². The van der Waals surface area contributed by atoms with Gasteiger partial charge in [-0.05, 0) is 75.1 Å². The number of nitrogens with zero attached hydrogens (tertiary/aromatic N) is 6. The number of benzene rings is 2. The summed E-state index contributed by atoms with van der Waals surface area (Å²) in [4.78, 5) is 42.8. The number of hydrogen-bond donors (Lipinski definition) is 2. The van der Waals surface area contributed by atoms with Gasteiger partial charge in [0.25, 0.3) is 5.91 Å². The van der Waals surface area contributed by atoms with E-state index in [9.17, 15) is 14.0 Å². The Morgan fingerprint density at radius 3 is 2.77 bits per heavy atom. The van der Waals surface area contributed by atoms with Gasteiger partial charge in [-0.1, -0.05) is 23.7 Å². The molecule has 0 radical (unpaired) electrons. The second kappa shape index (κ2) is 14.2. The minimum absolute atomic E-state index is 0.229. The number of likely N-dealkylation sites (tertiary alicyclic amines) is 1. The number of hydrogen-bond acceptors (Lipinski definition) is 8. The first-order valence-electron chi connectivity index (χ1n) is 14.1. The molecule has 0 unspecified atom stereocenters. The summed E-state index contributed by atoms with van der Waals surface area (Å²) in [5.74, 6) is 0.764. The van der Waals surface area contributed by atoms with Crippen LogP contribution in [0.4, 0.5) is 4.39 Å². The third-order valence-electron chi connectivity index (χ3n) is 7.66. The molecule has 1 saturated heterocycles. The van der Waals surface area contributed by atoms with Crippen LogP contribution >= 0.6 is 11.6 Å². The van der Waals surface area contributed by atoms with E-state index in [4.69, 9.17) is 16.6 Å². The second-order valence-electron chi connectivity index (χ2n) is 10.4. The highest BCUT2D eigenvalue weighted by atomic mass is 35.5. The summed E-state index contributed by atoms with van der Waals surface area (Å²) >= 11 is 5.90. The number of amidine groups is 1. The van der Waals surface area contributed by atoms with E-state index in [1.165, 1.54) is 24.7 Å². The minimum atomic E-state index is -0.358. The summed E-state index contributed by atoms with van der Waals surface area (Å²) in [7, 11) is 1.97. The molecule has 2 aliphatic rings. The van der Waals surface area contributed by atoms with Gasteiger partial charge in [-0.3, -0.25) is 19.5 Å². The third-order valence-corrected chi connectivity index (χ3v) is 7.90. The predicted octanol–water partition coefficient (Wildman–Crippen LogP) is 4.72. The van der Waals surface area contributed by atoms with Gasteiger partial charge < -0.3 is 15.2 Å². The zero-order valence-corrected chi connectivity index (χ0v) is 25.0. The zero-order chi connectivity index (χ0) is 31.1.